The average Bonchev–Trinajstić information content (AvgIpc) is 2.42. The summed E-state index contributed by atoms with van der Waals surface area (Å²) in [6, 6.07) is 2.87. The number of pyridine rings is 1. The summed E-state index contributed by atoms with van der Waals surface area (Å²) in [4.78, 5) is 39.2. The number of amides is 2. The molecule has 0 aromatic carbocycles. The van der Waals surface area contributed by atoms with E-state index in [9.17, 15) is 14.4 Å². The molecule has 2 amide bonds. The second-order valence-corrected chi connectivity index (χ2v) is 4.40. The maximum absolute atomic E-state index is 11.5. The molecule has 0 spiro atoms. The number of nitrogens with one attached hydrogen (secondary N) is 1. The van der Waals surface area contributed by atoms with Gasteiger partial charge in [-0.1, -0.05) is 11.6 Å². The van der Waals surface area contributed by atoms with Crippen molar-refractivity contribution >= 4 is 29.4 Å². The highest BCUT2D eigenvalue weighted by Gasteiger charge is 2.12. The van der Waals surface area contributed by atoms with E-state index >= 15 is 0 Å². The normalized spacial score (nSPS) is 9.75. The molecule has 0 bridgehead atoms. The van der Waals surface area contributed by atoms with Gasteiger partial charge in [-0.2, -0.15) is 0 Å². The number of nitrogens with zero attached hydrogens (tertiary/aromatic N) is 2. The van der Waals surface area contributed by atoms with Crippen LogP contribution in [0.3, 0.4) is 0 Å². The number of carbonyl (C=O) groups is 3. The first-order valence-electron chi connectivity index (χ1n) is 5.65. The zero-order chi connectivity index (χ0) is 15.1. The fraction of sp³-hybridized carbons (Fsp3) is 0.333. The van der Waals surface area contributed by atoms with Crippen molar-refractivity contribution in [1.82, 2.24) is 15.2 Å². The van der Waals surface area contributed by atoms with Crippen LogP contribution in [0.2, 0.25) is 5.15 Å². The number of ether oxygens (including phenoxy) is 1. The van der Waals surface area contributed by atoms with E-state index in [-0.39, 0.29) is 23.2 Å². The Morgan fingerprint density at radius 1 is 1.35 bits per heavy atom. The van der Waals surface area contributed by atoms with Crippen molar-refractivity contribution in [2.75, 3.05) is 27.2 Å². The number of hydrogen-bond acceptors (Lipinski definition) is 5. The topological polar surface area (TPSA) is 88.6 Å². The lowest BCUT2D eigenvalue weighted by atomic mass is 10.3. The van der Waals surface area contributed by atoms with E-state index in [1.54, 1.807) is 14.1 Å². The predicted octanol–water partition coefficient (Wildman–Crippen LogP) is 0.0962. The maximum Gasteiger partial charge on any atom is 0.340 e. The lowest BCUT2D eigenvalue weighted by molar-refractivity contribution is -0.131. The lowest BCUT2D eigenvalue weighted by Crippen LogP contribution is -2.38. The third-order valence-electron chi connectivity index (χ3n) is 2.23. The number of aromatic nitrogens is 1. The molecule has 1 heterocycles. The largest absolute Gasteiger partial charge is 0.452 e. The van der Waals surface area contributed by atoms with Crippen LogP contribution in [0.1, 0.15) is 10.4 Å². The smallest absolute Gasteiger partial charge is 0.340 e. The van der Waals surface area contributed by atoms with Crippen LogP contribution in [0.4, 0.5) is 0 Å². The summed E-state index contributed by atoms with van der Waals surface area (Å²) < 4.78 is 4.76. The fourth-order valence-corrected chi connectivity index (χ4v) is 1.21. The van der Waals surface area contributed by atoms with Crippen molar-refractivity contribution in [3.8, 4) is 0 Å². The summed E-state index contributed by atoms with van der Waals surface area (Å²) in [5.74, 6) is -1.51. The molecular formula is C12H14ClN3O4. The van der Waals surface area contributed by atoms with Gasteiger partial charge in [0.1, 0.15) is 5.15 Å². The second-order valence-electron chi connectivity index (χ2n) is 4.01. The Labute approximate surface area is 120 Å². The quantitative estimate of drug-likeness (QED) is 0.615. The minimum atomic E-state index is -0.691. The molecule has 1 aromatic rings. The van der Waals surface area contributed by atoms with Crippen molar-refractivity contribution < 1.29 is 19.1 Å². The molecule has 0 aliphatic carbocycles. The Bertz CT molecular complexity index is 502. The molecule has 0 radical (unpaired) electrons. The zero-order valence-electron chi connectivity index (χ0n) is 11.1. The van der Waals surface area contributed by atoms with Crippen LogP contribution in [0.25, 0.3) is 0 Å². The highest BCUT2D eigenvalue weighted by atomic mass is 35.5. The first-order valence-corrected chi connectivity index (χ1v) is 6.03. The molecule has 0 unspecified atom stereocenters. The van der Waals surface area contributed by atoms with Crippen LogP contribution in [-0.2, 0) is 14.3 Å². The molecule has 0 aliphatic rings. The van der Waals surface area contributed by atoms with Crippen LogP contribution in [0.15, 0.2) is 18.3 Å². The molecular weight excluding hydrogens is 286 g/mol. The third-order valence-corrected chi connectivity index (χ3v) is 2.46. The summed E-state index contributed by atoms with van der Waals surface area (Å²) >= 11 is 5.58. The van der Waals surface area contributed by atoms with Gasteiger partial charge in [0.15, 0.2) is 6.61 Å². The number of hydrogen-bond donors (Lipinski definition) is 1. The Morgan fingerprint density at radius 2 is 2.05 bits per heavy atom. The molecule has 1 aromatic heterocycles. The van der Waals surface area contributed by atoms with Crippen molar-refractivity contribution in [3.05, 3.63) is 29.0 Å². The maximum atomic E-state index is 11.5. The summed E-state index contributed by atoms with van der Waals surface area (Å²) in [5, 5.41) is 2.59. The summed E-state index contributed by atoms with van der Waals surface area (Å²) in [6.45, 7) is -0.617. The van der Waals surface area contributed by atoms with Gasteiger partial charge in [-0.25, -0.2) is 9.78 Å². The van der Waals surface area contributed by atoms with E-state index in [4.69, 9.17) is 16.3 Å². The Balaban J connectivity index is 2.35. The number of halogens is 1. The minimum absolute atomic E-state index is 0.147. The van der Waals surface area contributed by atoms with Gasteiger partial charge in [-0.15, -0.1) is 0 Å². The first-order chi connectivity index (χ1) is 9.40. The average molecular weight is 300 g/mol. The van der Waals surface area contributed by atoms with Gasteiger partial charge in [0.05, 0.1) is 12.1 Å². The van der Waals surface area contributed by atoms with E-state index in [0.717, 1.165) is 0 Å². The van der Waals surface area contributed by atoms with Crippen LogP contribution in [0.5, 0.6) is 0 Å². The highest BCUT2D eigenvalue weighted by molar-refractivity contribution is 6.29. The van der Waals surface area contributed by atoms with Gasteiger partial charge in [0.2, 0.25) is 5.91 Å². The van der Waals surface area contributed by atoms with Crippen molar-refractivity contribution in [3.63, 3.8) is 0 Å². The third kappa shape index (κ3) is 5.23. The molecule has 108 valence electrons. The standard InChI is InChI=1S/C12H14ClN3O4/c1-16(2)11(18)6-15-10(17)7-20-12(19)8-3-4-9(13)14-5-8/h3-5H,6-7H2,1-2H3,(H,15,17). The fourth-order valence-electron chi connectivity index (χ4n) is 1.09. The molecule has 7 nitrogen and oxygen atoms in total. The first kappa shape index (κ1) is 15.9. The predicted molar refractivity (Wildman–Crippen MR) is 71.2 cm³/mol. The van der Waals surface area contributed by atoms with Gasteiger partial charge >= 0.3 is 5.97 Å². The number of rotatable bonds is 5. The van der Waals surface area contributed by atoms with Crippen LogP contribution in [0, 0.1) is 0 Å². The molecule has 1 rings (SSSR count). The van der Waals surface area contributed by atoms with E-state index in [1.807, 2.05) is 0 Å². The minimum Gasteiger partial charge on any atom is -0.452 e. The van der Waals surface area contributed by atoms with Gasteiger partial charge < -0.3 is 15.0 Å². The second kappa shape index (κ2) is 7.44. The van der Waals surface area contributed by atoms with Crippen molar-refractivity contribution in [2.45, 2.75) is 0 Å². The van der Waals surface area contributed by atoms with Gasteiger partial charge in [0, 0.05) is 20.3 Å². The van der Waals surface area contributed by atoms with Crippen molar-refractivity contribution in [1.29, 1.82) is 0 Å². The van der Waals surface area contributed by atoms with Gasteiger partial charge in [-0.3, -0.25) is 9.59 Å². The Kier molecular flexibility index (Phi) is 5.92. The van der Waals surface area contributed by atoms with E-state index < -0.39 is 18.5 Å². The summed E-state index contributed by atoms with van der Waals surface area (Å²) in [7, 11) is 3.14. The monoisotopic (exact) mass is 299 g/mol. The number of likely N-dealkylation sites (N-methyl/N-ethyl adjacent to an activating group) is 1. The Morgan fingerprint density at radius 3 is 2.60 bits per heavy atom. The SMILES string of the molecule is CN(C)C(=O)CNC(=O)COC(=O)c1ccc(Cl)nc1. The zero-order valence-corrected chi connectivity index (χ0v) is 11.8. The molecule has 20 heavy (non-hydrogen) atoms. The molecule has 0 saturated carbocycles. The number of esters is 1. The molecule has 0 aliphatic heterocycles. The van der Waals surface area contributed by atoms with Crippen LogP contribution >= 0.6 is 11.6 Å². The Hall–Kier alpha value is -2.15. The van der Waals surface area contributed by atoms with Crippen LogP contribution < -0.4 is 5.32 Å². The number of carbonyl (C=O) groups excluding carboxylic acids is 3. The van der Waals surface area contributed by atoms with Crippen molar-refractivity contribution in [2.24, 2.45) is 0 Å². The van der Waals surface area contributed by atoms with Gasteiger partial charge in [0.25, 0.3) is 5.91 Å². The molecule has 0 atom stereocenters. The van der Waals surface area contributed by atoms with Gasteiger partial charge in [-0.05, 0) is 12.1 Å². The lowest BCUT2D eigenvalue weighted by Gasteiger charge is -2.11. The van der Waals surface area contributed by atoms with E-state index in [0.29, 0.717) is 0 Å². The highest BCUT2D eigenvalue weighted by Crippen LogP contribution is 2.06. The van der Waals surface area contributed by atoms with Crippen LogP contribution in [-0.4, -0.2) is 54.9 Å². The summed E-state index contributed by atoms with van der Waals surface area (Å²) in [6.07, 6.45) is 1.25. The summed E-state index contributed by atoms with van der Waals surface area (Å²) in [5.41, 5.74) is 0.187. The molecule has 8 heteroatoms. The molecule has 0 saturated heterocycles. The van der Waals surface area contributed by atoms with E-state index in [1.165, 1.54) is 23.2 Å². The van der Waals surface area contributed by atoms with E-state index in [2.05, 4.69) is 10.3 Å². The molecule has 1 N–H and O–H groups in total. The molecule has 0 fully saturated rings.